The van der Waals surface area contributed by atoms with Gasteiger partial charge in [-0.15, -0.1) is 0 Å². The molecule has 0 aliphatic rings. The van der Waals surface area contributed by atoms with E-state index < -0.39 is 17.2 Å². The predicted molar refractivity (Wildman–Crippen MR) is 165 cm³/mol. The minimum Gasteiger partial charge on any atom is -0.496 e. The van der Waals surface area contributed by atoms with Gasteiger partial charge >= 0.3 is 5.97 Å². The van der Waals surface area contributed by atoms with Crippen molar-refractivity contribution in [2.75, 3.05) is 26.0 Å². The second-order valence-corrected chi connectivity index (χ2v) is 11.1. The van der Waals surface area contributed by atoms with E-state index in [-0.39, 0.29) is 18.9 Å². The Labute approximate surface area is 254 Å². The molecular weight excluding hydrogens is 580 g/mol. The number of aliphatic carboxylic acids is 1. The van der Waals surface area contributed by atoms with Gasteiger partial charge in [0.1, 0.15) is 5.75 Å². The number of anilines is 2. The summed E-state index contributed by atoms with van der Waals surface area (Å²) in [6.07, 6.45) is 3.13. The lowest BCUT2D eigenvalue weighted by molar-refractivity contribution is -0.146. The molecule has 4 aromatic rings. The van der Waals surface area contributed by atoms with Crippen LogP contribution in [-0.2, 0) is 17.9 Å². The van der Waals surface area contributed by atoms with Gasteiger partial charge in [-0.1, -0.05) is 47.5 Å². The standard InChI is InChI=1S/C31H32Cl2FN5O3/c1-31(2,30(40)41)17-36-16-20-10-12-38-29(27(20)34)39-23-7-5-6-21(25(23)32)22-11-13-37-28(26(22)33)18-8-9-19(15-35-3)24(14-18)42-4/h5-14,35-36H,15-17H2,1-4H3,(H,38,39)(H,40,41). The molecule has 2 aromatic carbocycles. The van der Waals surface area contributed by atoms with Crippen LogP contribution in [0.15, 0.2) is 60.9 Å². The predicted octanol–water partition coefficient (Wildman–Crippen LogP) is 6.93. The summed E-state index contributed by atoms with van der Waals surface area (Å²) in [6, 6.07) is 14.4. The van der Waals surface area contributed by atoms with E-state index in [1.165, 1.54) is 12.3 Å². The summed E-state index contributed by atoms with van der Waals surface area (Å²) in [7, 11) is 3.48. The van der Waals surface area contributed by atoms with Crippen LogP contribution in [0.4, 0.5) is 15.9 Å². The van der Waals surface area contributed by atoms with Crippen LogP contribution in [-0.4, -0.2) is 41.7 Å². The Bertz CT molecular complexity index is 1600. The van der Waals surface area contributed by atoms with E-state index in [0.29, 0.717) is 50.4 Å². The average Bonchev–Trinajstić information content (AvgIpc) is 2.96. The molecule has 2 aromatic heterocycles. The minimum absolute atomic E-state index is 0.0129. The summed E-state index contributed by atoms with van der Waals surface area (Å²) in [4.78, 5) is 20.0. The Kier molecular flexibility index (Phi) is 10.0. The minimum atomic E-state index is -0.991. The van der Waals surface area contributed by atoms with E-state index in [4.69, 9.17) is 27.9 Å². The summed E-state index contributed by atoms with van der Waals surface area (Å²) in [5, 5.41) is 19.2. The third-order valence-corrected chi connectivity index (χ3v) is 7.58. The van der Waals surface area contributed by atoms with E-state index in [9.17, 15) is 9.90 Å². The molecule has 0 unspecified atom stereocenters. The maximum Gasteiger partial charge on any atom is 0.310 e. The molecule has 11 heteroatoms. The number of nitrogens with zero attached hydrogens (tertiary/aromatic N) is 2. The largest absolute Gasteiger partial charge is 0.496 e. The van der Waals surface area contributed by atoms with Crippen LogP contribution >= 0.6 is 23.2 Å². The summed E-state index contributed by atoms with van der Waals surface area (Å²) in [5.41, 5.74) is 3.41. The zero-order valence-corrected chi connectivity index (χ0v) is 25.2. The molecule has 0 atom stereocenters. The fourth-order valence-corrected chi connectivity index (χ4v) is 4.94. The second kappa shape index (κ2) is 13.5. The molecule has 0 saturated heterocycles. The lowest BCUT2D eigenvalue weighted by Gasteiger charge is -2.20. The highest BCUT2D eigenvalue weighted by Crippen LogP contribution is 2.41. The van der Waals surface area contributed by atoms with Crippen molar-refractivity contribution in [3.63, 3.8) is 0 Å². The summed E-state index contributed by atoms with van der Waals surface area (Å²) in [6.45, 7) is 4.15. The normalized spacial score (nSPS) is 11.4. The first kappa shape index (κ1) is 31.2. The van der Waals surface area contributed by atoms with Gasteiger partial charge < -0.3 is 25.8 Å². The molecule has 8 nitrogen and oxygen atoms in total. The third kappa shape index (κ3) is 6.82. The summed E-state index contributed by atoms with van der Waals surface area (Å²) >= 11 is 13.7. The van der Waals surface area contributed by atoms with E-state index in [1.54, 1.807) is 45.4 Å². The number of halogens is 3. The Balaban J connectivity index is 1.61. The van der Waals surface area contributed by atoms with Gasteiger partial charge in [-0.3, -0.25) is 9.78 Å². The Morgan fingerprint density at radius 3 is 2.45 bits per heavy atom. The van der Waals surface area contributed by atoms with E-state index in [1.807, 2.05) is 31.3 Å². The molecule has 0 amide bonds. The van der Waals surface area contributed by atoms with Crippen LogP contribution in [0.5, 0.6) is 5.75 Å². The van der Waals surface area contributed by atoms with Crippen LogP contribution < -0.4 is 20.7 Å². The number of benzene rings is 2. The molecular formula is C31H32Cl2FN5O3. The smallest absolute Gasteiger partial charge is 0.310 e. The zero-order chi connectivity index (χ0) is 30.4. The molecule has 0 fully saturated rings. The highest BCUT2D eigenvalue weighted by molar-refractivity contribution is 6.39. The number of aromatic nitrogens is 2. The summed E-state index contributed by atoms with van der Waals surface area (Å²) in [5.74, 6) is -0.807. The maximum atomic E-state index is 15.4. The van der Waals surface area contributed by atoms with Crippen molar-refractivity contribution in [2.24, 2.45) is 5.41 Å². The van der Waals surface area contributed by atoms with Gasteiger partial charge in [0.15, 0.2) is 11.6 Å². The molecule has 0 radical (unpaired) electrons. The number of ether oxygens (including phenoxy) is 1. The molecule has 0 saturated carbocycles. The van der Waals surface area contributed by atoms with Gasteiger partial charge in [0.25, 0.3) is 0 Å². The van der Waals surface area contributed by atoms with Crippen molar-refractivity contribution in [3.8, 4) is 28.1 Å². The van der Waals surface area contributed by atoms with Crippen molar-refractivity contribution >= 4 is 40.7 Å². The SMILES string of the molecule is CNCc1ccc(-c2nccc(-c3cccc(Nc4nccc(CNCC(C)(C)C(=O)O)c4F)c3Cl)c2Cl)cc1OC. The van der Waals surface area contributed by atoms with Crippen molar-refractivity contribution in [3.05, 3.63) is 87.9 Å². The van der Waals surface area contributed by atoms with Gasteiger partial charge in [0.05, 0.1) is 34.0 Å². The van der Waals surface area contributed by atoms with Crippen molar-refractivity contribution in [2.45, 2.75) is 26.9 Å². The van der Waals surface area contributed by atoms with Gasteiger partial charge in [-0.05, 0) is 45.2 Å². The number of pyridine rings is 2. The molecule has 4 rings (SSSR count). The third-order valence-electron chi connectivity index (χ3n) is 6.79. The molecule has 0 aliphatic carbocycles. The molecule has 220 valence electrons. The number of carbonyl (C=O) groups is 1. The van der Waals surface area contributed by atoms with E-state index in [0.717, 1.165) is 11.1 Å². The quantitative estimate of drug-likeness (QED) is 0.137. The van der Waals surface area contributed by atoms with Gasteiger partial charge in [-0.25, -0.2) is 9.37 Å². The molecule has 4 N–H and O–H groups in total. The van der Waals surface area contributed by atoms with Crippen molar-refractivity contribution in [1.82, 2.24) is 20.6 Å². The van der Waals surface area contributed by atoms with Crippen LogP contribution in [0.25, 0.3) is 22.4 Å². The first-order chi connectivity index (χ1) is 20.1. The number of rotatable bonds is 12. The Morgan fingerprint density at radius 2 is 1.74 bits per heavy atom. The fourth-order valence-electron chi connectivity index (χ4n) is 4.34. The molecule has 0 spiro atoms. The monoisotopic (exact) mass is 611 g/mol. The number of nitrogens with one attached hydrogen (secondary N) is 3. The topological polar surface area (TPSA) is 108 Å². The number of carboxylic acid groups (broad SMARTS) is 1. The number of methoxy groups -OCH3 is 1. The highest BCUT2D eigenvalue weighted by Gasteiger charge is 2.26. The number of carboxylic acids is 1. The Morgan fingerprint density at radius 1 is 1.00 bits per heavy atom. The molecule has 42 heavy (non-hydrogen) atoms. The van der Waals surface area contributed by atoms with Crippen LogP contribution in [0, 0.1) is 11.2 Å². The van der Waals surface area contributed by atoms with Crippen LogP contribution in [0.1, 0.15) is 25.0 Å². The first-order valence-electron chi connectivity index (χ1n) is 13.2. The number of hydrogen-bond donors (Lipinski definition) is 4. The first-order valence-corrected chi connectivity index (χ1v) is 13.9. The fraction of sp³-hybridized carbons (Fsp3) is 0.258. The van der Waals surface area contributed by atoms with Crippen molar-refractivity contribution in [1.29, 1.82) is 0 Å². The number of hydrogen-bond acceptors (Lipinski definition) is 7. The van der Waals surface area contributed by atoms with Gasteiger partial charge in [0.2, 0.25) is 0 Å². The lowest BCUT2D eigenvalue weighted by Crippen LogP contribution is -2.35. The van der Waals surface area contributed by atoms with E-state index in [2.05, 4.69) is 25.9 Å². The second-order valence-electron chi connectivity index (χ2n) is 10.3. The van der Waals surface area contributed by atoms with Gasteiger partial charge in [-0.2, -0.15) is 0 Å². The van der Waals surface area contributed by atoms with Crippen LogP contribution in [0.2, 0.25) is 10.0 Å². The zero-order valence-electron chi connectivity index (χ0n) is 23.7. The highest BCUT2D eigenvalue weighted by atomic mass is 35.5. The van der Waals surface area contributed by atoms with Crippen molar-refractivity contribution < 1.29 is 19.0 Å². The van der Waals surface area contributed by atoms with Gasteiger partial charge in [0, 0.05) is 59.8 Å². The average molecular weight is 613 g/mol. The van der Waals surface area contributed by atoms with Crippen LogP contribution in [0.3, 0.4) is 0 Å². The molecule has 0 bridgehead atoms. The lowest BCUT2D eigenvalue weighted by atomic mass is 9.94. The maximum absolute atomic E-state index is 15.4. The summed E-state index contributed by atoms with van der Waals surface area (Å²) < 4.78 is 20.9. The molecule has 0 aliphatic heterocycles. The Hall–Kier alpha value is -3.76. The van der Waals surface area contributed by atoms with E-state index >= 15 is 4.39 Å². The molecule has 2 heterocycles.